The quantitative estimate of drug-likeness (QED) is 0.869. The van der Waals surface area contributed by atoms with Crippen molar-refractivity contribution in [2.75, 3.05) is 5.73 Å². The van der Waals surface area contributed by atoms with Gasteiger partial charge in [-0.1, -0.05) is 38.1 Å². The number of nitrogens with two attached hydrogens (primary N) is 1. The van der Waals surface area contributed by atoms with E-state index in [0.29, 0.717) is 5.92 Å². The molecular weight excluding hydrogens is 208 g/mol. The smallest absolute Gasteiger partial charge is 0.0580 e. The van der Waals surface area contributed by atoms with E-state index in [-0.39, 0.29) is 0 Å². The summed E-state index contributed by atoms with van der Waals surface area (Å²) in [7, 11) is 0. The second-order valence-electron chi connectivity index (χ2n) is 4.76. The minimum Gasteiger partial charge on any atom is -0.397 e. The van der Waals surface area contributed by atoms with Gasteiger partial charge in [-0.25, -0.2) is 0 Å². The number of hydrogen-bond acceptors (Lipinski definition) is 2. The van der Waals surface area contributed by atoms with E-state index in [1.165, 1.54) is 5.56 Å². The average molecular weight is 226 g/mol. The van der Waals surface area contributed by atoms with E-state index < -0.39 is 0 Å². The van der Waals surface area contributed by atoms with Gasteiger partial charge in [0.2, 0.25) is 0 Å². The van der Waals surface area contributed by atoms with Gasteiger partial charge in [-0.2, -0.15) is 0 Å². The molecule has 2 N–H and O–H groups in total. The van der Waals surface area contributed by atoms with Gasteiger partial charge >= 0.3 is 0 Å². The largest absolute Gasteiger partial charge is 0.397 e. The Morgan fingerprint density at radius 2 is 1.82 bits per heavy atom. The molecule has 0 bridgehead atoms. The fourth-order valence-corrected chi connectivity index (χ4v) is 1.96. The molecule has 0 aliphatic carbocycles. The van der Waals surface area contributed by atoms with Crippen LogP contribution in [0, 0.1) is 5.92 Å². The summed E-state index contributed by atoms with van der Waals surface area (Å²) in [5.41, 5.74) is 10.2. The van der Waals surface area contributed by atoms with Crippen molar-refractivity contribution in [2.24, 2.45) is 5.92 Å². The maximum atomic E-state index is 5.91. The zero-order valence-corrected chi connectivity index (χ0v) is 10.4. The lowest BCUT2D eigenvalue weighted by Gasteiger charge is -2.08. The van der Waals surface area contributed by atoms with Crippen molar-refractivity contribution in [3.05, 3.63) is 48.3 Å². The highest BCUT2D eigenvalue weighted by atomic mass is 14.7. The molecule has 0 saturated carbocycles. The second-order valence-corrected chi connectivity index (χ2v) is 4.76. The molecule has 0 fully saturated rings. The zero-order valence-electron chi connectivity index (χ0n) is 10.4. The highest BCUT2D eigenvalue weighted by molar-refractivity contribution is 5.75. The highest BCUT2D eigenvalue weighted by Gasteiger charge is 2.03. The summed E-state index contributed by atoms with van der Waals surface area (Å²) in [5, 5.41) is 0. The summed E-state index contributed by atoms with van der Waals surface area (Å²) in [4.78, 5) is 4.00. The predicted octanol–water partition coefficient (Wildman–Crippen LogP) is 3.53. The lowest BCUT2D eigenvalue weighted by atomic mass is 9.99. The van der Waals surface area contributed by atoms with E-state index in [9.17, 15) is 0 Å². The van der Waals surface area contributed by atoms with Crippen molar-refractivity contribution in [3.63, 3.8) is 0 Å². The minimum absolute atomic E-state index is 0.687. The van der Waals surface area contributed by atoms with E-state index in [1.54, 1.807) is 12.4 Å². The molecule has 2 nitrogen and oxygen atoms in total. The highest BCUT2D eigenvalue weighted by Crippen LogP contribution is 2.25. The van der Waals surface area contributed by atoms with Gasteiger partial charge in [-0.3, -0.25) is 4.98 Å². The van der Waals surface area contributed by atoms with Crippen LogP contribution in [0.3, 0.4) is 0 Å². The molecule has 0 aliphatic rings. The lowest BCUT2D eigenvalue weighted by molar-refractivity contribution is 0.647. The Labute approximate surface area is 103 Å². The topological polar surface area (TPSA) is 38.9 Å². The SMILES string of the molecule is CC(C)Cc1ccc(-c2ccncc2N)cc1. The zero-order chi connectivity index (χ0) is 12.3. The summed E-state index contributed by atoms with van der Waals surface area (Å²) in [5.74, 6) is 0.687. The average Bonchev–Trinajstić information content (AvgIpc) is 2.30. The van der Waals surface area contributed by atoms with Crippen molar-refractivity contribution in [3.8, 4) is 11.1 Å². The molecule has 0 saturated heterocycles. The molecule has 2 heteroatoms. The monoisotopic (exact) mass is 226 g/mol. The molecule has 0 spiro atoms. The van der Waals surface area contributed by atoms with Gasteiger partial charge in [0, 0.05) is 11.8 Å². The number of hydrogen-bond donors (Lipinski definition) is 1. The van der Waals surface area contributed by atoms with Gasteiger partial charge in [0.15, 0.2) is 0 Å². The molecule has 0 radical (unpaired) electrons. The van der Waals surface area contributed by atoms with Crippen LogP contribution in [-0.4, -0.2) is 4.98 Å². The van der Waals surface area contributed by atoms with Gasteiger partial charge in [0.1, 0.15) is 0 Å². The van der Waals surface area contributed by atoms with Crippen LogP contribution in [0.2, 0.25) is 0 Å². The van der Waals surface area contributed by atoms with Gasteiger partial charge < -0.3 is 5.73 Å². The van der Waals surface area contributed by atoms with E-state index in [1.807, 2.05) is 6.07 Å². The van der Waals surface area contributed by atoms with Gasteiger partial charge in [-0.15, -0.1) is 0 Å². The molecular formula is C15H18N2. The third-order valence-corrected chi connectivity index (χ3v) is 2.76. The third kappa shape index (κ3) is 2.84. The van der Waals surface area contributed by atoms with Crippen LogP contribution in [-0.2, 0) is 6.42 Å². The first-order valence-corrected chi connectivity index (χ1v) is 5.95. The van der Waals surface area contributed by atoms with E-state index in [4.69, 9.17) is 5.73 Å². The van der Waals surface area contributed by atoms with Crippen molar-refractivity contribution >= 4 is 5.69 Å². The summed E-state index contributed by atoms with van der Waals surface area (Å²) in [6.45, 7) is 4.46. The molecule has 0 amide bonds. The number of aromatic nitrogens is 1. The Bertz CT molecular complexity index is 487. The molecule has 0 aliphatic heterocycles. The van der Waals surface area contributed by atoms with Crippen LogP contribution in [0.4, 0.5) is 5.69 Å². The molecule has 1 aromatic heterocycles. The van der Waals surface area contributed by atoms with Crippen LogP contribution < -0.4 is 5.73 Å². The van der Waals surface area contributed by atoms with Crippen molar-refractivity contribution in [2.45, 2.75) is 20.3 Å². The standard InChI is InChI=1S/C15H18N2/c1-11(2)9-12-3-5-13(6-4-12)14-7-8-17-10-15(14)16/h3-8,10-11H,9,16H2,1-2H3. The van der Waals surface area contributed by atoms with Crippen LogP contribution in [0.15, 0.2) is 42.7 Å². The molecule has 2 aromatic rings. The summed E-state index contributed by atoms with van der Waals surface area (Å²) in [6.07, 6.45) is 4.58. The van der Waals surface area contributed by atoms with E-state index in [2.05, 4.69) is 43.1 Å². The van der Waals surface area contributed by atoms with E-state index >= 15 is 0 Å². The van der Waals surface area contributed by atoms with Crippen molar-refractivity contribution in [1.29, 1.82) is 0 Å². The number of nitrogens with zero attached hydrogens (tertiary/aromatic N) is 1. The number of benzene rings is 1. The first-order valence-electron chi connectivity index (χ1n) is 5.95. The number of nitrogen functional groups attached to an aromatic ring is 1. The molecule has 0 atom stereocenters. The Morgan fingerprint density at radius 1 is 1.12 bits per heavy atom. The number of rotatable bonds is 3. The number of pyridine rings is 1. The number of anilines is 1. The Morgan fingerprint density at radius 3 is 2.41 bits per heavy atom. The third-order valence-electron chi connectivity index (χ3n) is 2.76. The molecule has 1 aromatic carbocycles. The molecule has 88 valence electrons. The second kappa shape index (κ2) is 5.00. The van der Waals surface area contributed by atoms with Crippen LogP contribution in [0.1, 0.15) is 19.4 Å². The molecule has 0 unspecified atom stereocenters. The van der Waals surface area contributed by atoms with Crippen molar-refractivity contribution in [1.82, 2.24) is 4.98 Å². The Kier molecular flexibility index (Phi) is 3.43. The van der Waals surface area contributed by atoms with Gasteiger partial charge in [0.05, 0.1) is 11.9 Å². The van der Waals surface area contributed by atoms with Crippen LogP contribution in [0.25, 0.3) is 11.1 Å². The molecule has 1 heterocycles. The summed E-state index contributed by atoms with van der Waals surface area (Å²) in [6, 6.07) is 10.6. The summed E-state index contributed by atoms with van der Waals surface area (Å²) >= 11 is 0. The lowest BCUT2D eigenvalue weighted by Crippen LogP contribution is -1.94. The minimum atomic E-state index is 0.687. The fourth-order valence-electron chi connectivity index (χ4n) is 1.96. The van der Waals surface area contributed by atoms with Gasteiger partial charge in [0.25, 0.3) is 0 Å². The Hall–Kier alpha value is -1.83. The van der Waals surface area contributed by atoms with E-state index in [0.717, 1.165) is 23.2 Å². The summed E-state index contributed by atoms with van der Waals surface area (Å²) < 4.78 is 0. The predicted molar refractivity (Wildman–Crippen MR) is 72.6 cm³/mol. The van der Waals surface area contributed by atoms with Gasteiger partial charge in [-0.05, 0) is 29.5 Å². The maximum Gasteiger partial charge on any atom is 0.0580 e. The first kappa shape index (κ1) is 11.6. The fraction of sp³-hybridized carbons (Fsp3) is 0.267. The van der Waals surface area contributed by atoms with Crippen LogP contribution >= 0.6 is 0 Å². The molecule has 17 heavy (non-hydrogen) atoms. The van der Waals surface area contributed by atoms with Crippen molar-refractivity contribution < 1.29 is 0 Å². The Balaban J connectivity index is 2.27. The maximum absolute atomic E-state index is 5.91. The first-order chi connectivity index (χ1) is 8.16. The molecule has 2 rings (SSSR count). The normalized spacial score (nSPS) is 10.8. The van der Waals surface area contributed by atoms with Crippen LogP contribution in [0.5, 0.6) is 0 Å².